The van der Waals surface area contributed by atoms with Gasteiger partial charge in [0, 0.05) is 18.0 Å². The van der Waals surface area contributed by atoms with Crippen molar-refractivity contribution in [2.75, 3.05) is 24.5 Å². The highest BCUT2D eigenvalue weighted by atomic mass is 16.7. The third-order valence-corrected chi connectivity index (χ3v) is 8.70. The van der Waals surface area contributed by atoms with Crippen LogP contribution in [0.1, 0.15) is 88.8 Å². The zero-order valence-electron chi connectivity index (χ0n) is 23.6. The molecule has 0 aliphatic carbocycles. The Labute approximate surface area is 241 Å². The molecule has 0 bridgehead atoms. The number of carbonyl (C=O) groups is 2. The number of anilines is 1. The first-order chi connectivity index (χ1) is 20.0. The van der Waals surface area contributed by atoms with Crippen molar-refractivity contribution in [2.24, 2.45) is 5.92 Å². The highest BCUT2D eigenvalue weighted by Crippen LogP contribution is 2.43. The molecule has 3 aliphatic rings. The van der Waals surface area contributed by atoms with Gasteiger partial charge < -0.3 is 19.5 Å². The van der Waals surface area contributed by atoms with Gasteiger partial charge in [0.1, 0.15) is 0 Å². The maximum Gasteiger partial charge on any atom is 0.266 e. The van der Waals surface area contributed by atoms with E-state index >= 15 is 0 Å². The van der Waals surface area contributed by atoms with Crippen molar-refractivity contribution in [2.45, 2.75) is 64.1 Å². The molecule has 41 heavy (non-hydrogen) atoms. The molecule has 7 heteroatoms. The smallest absolute Gasteiger partial charge is 0.266 e. The highest BCUT2D eigenvalue weighted by Gasteiger charge is 2.40. The summed E-state index contributed by atoms with van der Waals surface area (Å²) < 4.78 is 13.3. The van der Waals surface area contributed by atoms with Gasteiger partial charge >= 0.3 is 0 Å². The lowest BCUT2D eigenvalue weighted by Crippen LogP contribution is -2.45. The zero-order chi connectivity index (χ0) is 28.3. The quantitative estimate of drug-likeness (QED) is 0.375. The fourth-order valence-electron chi connectivity index (χ4n) is 6.31. The van der Waals surface area contributed by atoms with Crippen LogP contribution in [0.4, 0.5) is 5.69 Å². The monoisotopic (exact) mass is 554 g/mol. The van der Waals surface area contributed by atoms with Crippen LogP contribution in [0.5, 0.6) is 0 Å². The highest BCUT2D eigenvalue weighted by molar-refractivity contribution is 6.34. The second kappa shape index (κ2) is 12.2. The SMILES string of the molecule is C[C@@H]1[C@H](CN2CCCCCCC2)O[C@H](c2cccc(N3C(=O)c4ccccc4C3=O)c2)O[C@@H]1c1ccc(CO)cc1. The van der Waals surface area contributed by atoms with E-state index in [1.165, 1.54) is 37.0 Å². The number of imide groups is 1. The van der Waals surface area contributed by atoms with Crippen molar-refractivity contribution in [3.8, 4) is 0 Å². The molecule has 2 saturated heterocycles. The molecular weight excluding hydrogens is 516 g/mol. The van der Waals surface area contributed by atoms with Crippen LogP contribution in [0.2, 0.25) is 0 Å². The van der Waals surface area contributed by atoms with Crippen molar-refractivity contribution in [1.29, 1.82) is 0 Å². The predicted molar refractivity (Wildman–Crippen MR) is 157 cm³/mol. The number of nitrogens with zero attached hydrogens (tertiary/aromatic N) is 2. The van der Waals surface area contributed by atoms with E-state index in [0.717, 1.165) is 36.3 Å². The number of amides is 2. The summed E-state index contributed by atoms with van der Waals surface area (Å²) in [6.45, 7) is 5.15. The van der Waals surface area contributed by atoms with Gasteiger partial charge in [-0.15, -0.1) is 0 Å². The lowest BCUT2D eigenvalue weighted by Gasteiger charge is -2.43. The lowest BCUT2D eigenvalue weighted by atomic mass is 9.89. The van der Waals surface area contributed by atoms with Gasteiger partial charge in [0.05, 0.1) is 35.6 Å². The Balaban J connectivity index is 1.29. The number of aliphatic hydroxyl groups is 1. The molecule has 3 heterocycles. The number of ether oxygens (including phenoxy) is 2. The number of likely N-dealkylation sites (tertiary alicyclic amines) is 1. The molecule has 3 aromatic rings. The standard InChI is InChI=1S/C34H38N2O5/c1-23-30(21-35-18-7-3-2-4-8-19-35)40-34(41-31(23)25-16-14-24(22-37)15-17-25)26-10-9-11-27(20-26)36-32(38)28-12-5-6-13-29(28)33(36)39/h5-6,9-17,20,23,30-31,34,37H,2-4,7-8,18-19,21-22H2,1H3/t23-,30+,31+,34+/m1/s1. The first-order valence-corrected chi connectivity index (χ1v) is 14.8. The summed E-state index contributed by atoms with van der Waals surface area (Å²) in [5.41, 5.74) is 4.00. The third kappa shape index (κ3) is 5.72. The number of fused-ring (bicyclic) bond motifs is 1. The Morgan fingerprint density at radius 3 is 2.10 bits per heavy atom. The molecule has 4 atom stereocenters. The summed E-state index contributed by atoms with van der Waals surface area (Å²) in [7, 11) is 0. The summed E-state index contributed by atoms with van der Waals surface area (Å²) in [5, 5.41) is 9.55. The van der Waals surface area contributed by atoms with Crippen molar-refractivity contribution >= 4 is 17.5 Å². The van der Waals surface area contributed by atoms with Crippen LogP contribution in [-0.2, 0) is 16.1 Å². The number of hydrogen-bond donors (Lipinski definition) is 1. The van der Waals surface area contributed by atoms with Gasteiger partial charge in [-0.1, -0.05) is 74.7 Å². The molecule has 0 saturated carbocycles. The summed E-state index contributed by atoms with van der Waals surface area (Å²) >= 11 is 0. The number of carbonyl (C=O) groups excluding carboxylic acids is 2. The lowest BCUT2D eigenvalue weighted by molar-refractivity contribution is -0.276. The summed E-state index contributed by atoms with van der Waals surface area (Å²) in [6.07, 6.45) is 5.31. The maximum atomic E-state index is 13.2. The van der Waals surface area contributed by atoms with E-state index in [9.17, 15) is 14.7 Å². The van der Waals surface area contributed by atoms with Gasteiger partial charge in [0.15, 0.2) is 6.29 Å². The van der Waals surface area contributed by atoms with Crippen LogP contribution in [0, 0.1) is 5.92 Å². The molecule has 6 rings (SSSR count). The van der Waals surface area contributed by atoms with Gasteiger partial charge in [0.25, 0.3) is 11.8 Å². The number of hydrogen-bond acceptors (Lipinski definition) is 6. The van der Waals surface area contributed by atoms with E-state index in [1.807, 2.05) is 42.5 Å². The fraction of sp³-hybridized carbons (Fsp3) is 0.412. The van der Waals surface area contributed by atoms with Gasteiger partial charge in [-0.25, -0.2) is 4.90 Å². The Bertz CT molecular complexity index is 1350. The van der Waals surface area contributed by atoms with Crippen LogP contribution in [0.3, 0.4) is 0 Å². The molecule has 3 aromatic carbocycles. The maximum absolute atomic E-state index is 13.2. The van der Waals surface area contributed by atoms with E-state index in [2.05, 4.69) is 11.8 Å². The fourth-order valence-corrected chi connectivity index (χ4v) is 6.31. The molecule has 2 amide bonds. The Morgan fingerprint density at radius 2 is 1.44 bits per heavy atom. The van der Waals surface area contributed by atoms with E-state index in [-0.39, 0.29) is 36.5 Å². The molecule has 214 valence electrons. The number of aliphatic hydroxyl groups excluding tert-OH is 1. The average Bonchev–Trinajstić information content (AvgIpc) is 3.25. The van der Waals surface area contributed by atoms with E-state index in [0.29, 0.717) is 16.8 Å². The van der Waals surface area contributed by atoms with Crippen molar-refractivity contribution in [3.63, 3.8) is 0 Å². The Morgan fingerprint density at radius 1 is 0.780 bits per heavy atom. The summed E-state index contributed by atoms with van der Waals surface area (Å²) in [5.74, 6) is -0.548. The first kappa shape index (κ1) is 27.8. The van der Waals surface area contributed by atoms with Gasteiger partial charge in [-0.3, -0.25) is 9.59 Å². The van der Waals surface area contributed by atoms with Gasteiger partial charge in [-0.2, -0.15) is 0 Å². The minimum Gasteiger partial charge on any atom is -0.392 e. The van der Waals surface area contributed by atoms with E-state index in [4.69, 9.17) is 9.47 Å². The Kier molecular flexibility index (Phi) is 8.30. The molecule has 1 N–H and O–H groups in total. The minimum atomic E-state index is -0.663. The van der Waals surface area contributed by atoms with Crippen LogP contribution in [-0.4, -0.2) is 47.6 Å². The van der Waals surface area contributed by atoms with Gasteiger partial charge in [0.2, 0.25) is 0 Å². The Hall–Kier alpha value is -3.36. The number of benzene rings is 3. The molecule has 0 aromatic heterocycles. The molecule has 0 spiro atoms. The predicted octanol–water partition coefficient (Wildman–Crippen LogP) is 6.04. The molecule has 3 aliphatic heterocycles. The zero-order valence-corrected chi connectivity index (χ0v) is 23.6. The normalized spacial score (nSPS) is 25.6. The molecular formula is C34H38N2O5. The van der Waals surface area contributed by atoms with Crippen molar-refractivity contribution < 1.29 is 24.2 Å². The van der Waals surface area contributed by atoms with Crippen LogP contribution in [0.25, 0.3) is 0 Å². The molecule has 0 radical (unpaired) electrons. The largest absolute Gasteiger partial charge is 0.392 e. The second-order valence-corrected chi connectivity index (χ2v) is 11.5. The van der Waals surface area contributed by atoms with Crippen molar-refractivity contribution in [3.05, 3.63) is 101 Å². The van der Waals surface area contributed by atoms with Gasteiger partial charge in [-0.05, 0) is 61.3 Å². The van der Waals surface area contributed by atoms with Crippen LogP contribution < -0.4 is 4.90 Å². The summed E-state index contributed by atoms with van der Waals surface area (Å²) in [6, 6.07) is 22.2. The van der Waals surface area contributed by atoms with E-state index < -0.39 is 6.29 Å². The summed E-state index contributed by atoms with van der Waals surface area (Å²) in [4.78, 5) is 30.1. The molecule has 7 nitrogen and oxygen atoms in total. The minimum absolute atomic E-state index is 0.00468. The third-order valence-electron chi connectivity index (χ3n) is 8.70. The second-order valence-electron chi connectivity index (χ2n) is 11.5. The first-order valence-electron chi connectivity index (χ1n) is 14.8. The van der Waals surface area contributed by atoms with Crippen LogP contribution >= 0.6 is 0 Å². The van der Waals surface area contributed by atoms with Crippen LogP contribution in [0.15, 0.2) is 72.8 Å². The number of rotatable bonds is 6. The average molecular weight is 555 g/mol. The molecule has 0 unspecified atom stereocenters. The van der Waals surface area contributed by atoms with Crippen molar-refractivity contribution in [1.82, 2.24) is 4.90 Å². The van der Waals surface area contributed by atoms with E-state index in [1.54, 1.807) is 30.3 Å². The topological polar surface area (TPSA) is 79.3 Å². The molecule has 2 fully saturated rings.